The maximum absolute atomic E-state index is 13.7. The van der Waals surface area contributed by atoms with Gasteiger partial charge >= 0.3 is 35.1 Å². The van der Waals surface area contributed by atoms with E-state index in [2.05, 4.69) is 312 Å². The van der Waals surface area contributed by atoms with E-state index in [1.807, 2.05) is 13.8 Å². The summed E-state index contributed by atoms with van der Waals surface area (Å²) < 4.78 is 84.1. The van der Waals surface area contributed by atoms with E-state index in [0.29, 0.717) is 5.56 Å². The summed E-state index contributed by atoms with van der Waals surface area (Å²) in [6.45, 7) is 90.2. The van der Waals surface area contributed by atoms with Crippen molar-refractivity contribution >= 4 is 17.2 Å². The monoisotopic (exact) mass is 1490 g/mol. The molecule has 0 amide bonds. The molecule has 4 aromatic rings. The van der Waals surface area contributed by atoms with Crippen LogP contribution < -0.4 is 0 Å². The van der Waals surface area contributed by atoms with Crippen molar-refractivity contribution < 1.29 is 56.3 Å². The molecule has 8 fully saturated rings. The van der Waals surface area contributed by atoms with Gasteiger partial charge in [-0.3, -0.25) is 36.6 Å². The summed E-state index contributed by atoms with van der Waals surface area (Å²) in [6, 6.07) is 19.4. The zero-order chi connectivity index (χ0) is 79.9. The lowest BCUT2D eigenvalue weighted by molar-refractivity contribution is -0.736. The molecule has 0 saturated carbocycles. The minimum atomic E-state index is -2.56. The van der Waals surface area contributed by atoms with Crippen LogP contribution in [-0.2, 0) is 132 Å². The highest BCUT2D eigenvalue weighted by Crippen LogP contribution is 2.94. The van der Waals surface area contributed by atoms with Gasteiger partial charge in [0.25, 0.3) is 0 Å². The first-order chi connectivity index (χ1) is 46.7. The highest BCUT2D eigenvalue weighted by molar-refractivity contribution is 7.43. The fourth-order valence-electron chi connectivity index (χ4n) is 17.6. The van der Waals surface area contributed by atoms with Crippen molar-refractivity contribution in [1.82, 2.24) is 0 Å². The van der Waals surface area contributed by atoms with Crippen molar-refractivity contribution in [2.24, 2.45) is 37.9 Å². The van der Waals surface area contributed by atoms with Gasteiger partial charge in [-0.2, -0.15) is 0 Å². The second-order valence-corrected chi connectivity index (χ2v) is 49.0. The summed E-state index contributed by atoms with van der Waals surface area (Å²) in [7, 11) is -4.98. The van der Waals surface area contributed by atoms with Crippen molar-refractivity contribution in [2.75, 3.05) is 13.2 Å². The first-order valence-electron chi connectivity index (χ1n) is 39.2. The molecule has 0 aromatic heterocycles. The standard InChI is InChI=1S/C91H142O12P2/c1-71(2,3)49-55-41-59(75(13,14)15)67(60(42-55)76(16,17)18)85(68-61(77(19,20)21)43-56(50-72(4,5)6)44-62(68)78(22,23)24)88-87(70-65(81(31,32)33)47-58(52-74(10,11)12)48-66(70)82(34,35)36,98-104-100-90(88,101-104)96-89(84(39,40)54-93)97-91(88)102-105(99-89)103-91)95-86(94-85,83(37,38)53-92)69-63(79(25,26)27)45-57(51-73(7,8)9)46-64(69)80(28,29)30/h41-48,92-93H,49-54H2,1-40H3. The van der Waals surface area contributed by atoms with Crippen LogP contribution >= 0.6 is 17.2 Å². The number of benzene rings is 4. The van der Waals surface area contributed by atoms with Crippen LogP contribution in [0.2, 0.25) is 0 Å². The molecule has 588 valence electrons. The number of rotatable bonds is 12. The van der Waals surface area contributed by atoms with Gasteiger partial charge in [-0.15, -0.1) is 0 Å². The Bertz CT molecular complexity index is 3760. The molecule has 8 heterocycles. The van der Waals surface area contributed by atoms with E-state index in [1.165, 1.54) is 5.56 Å². The smallest absolute Gasteiger partial charge is 0.346 e. The maximum atomic E-state index is 13.7. The highest BCUT2D eigenvalue weighted by Gasteiger charge is 3.05. The van der Waals surface area contributed by atoms with E-state index in [9.17, 15) is 19.7 Å². The Balaban J connectivity index is 1.77. The second-order valence-electron chi connectivity index (χ2n) is 47.0. The van der Waals surface area contributed by atoms with Gasteiger partial charge in [-0.1, -0.05) is 312 Å². The molecule has 8 aliphatic heterocycles. The third-order valence-electron chi connectivity index (χ3n) is 22.3. The molecule has 0 radical (unpaired) electrons. The summed E-state index contributed by atoms with van der Waals surface area (Å²) in [5.41, 5.74) is 1.27. The lowest BCUT2D eigenvalue weighted by atomic mass is 9.47. The summed E-state index contributed by atoms with van der Waals surface area (Å²) in [5, 5.41) is 25.8. The number of aliphatic hydroxyl groups excluding tert-OH is 2. The Kier molecular flexibility index (Phi) is 20.3. The molecule has 0 aliphatic carbocycles. The molecule has 8 aliphatic rings. The molecule has 5 bridgehead atoms. The molecule has 12 rings (SSSR count). The SMILES string of the molecule is CC(C)(C)Cc1cc(C(C)(C)C)c(C2(C(C)(C)CO)OC3(c4c(C(C)(C)C)cc(CC(C)(C)C)cc4C(C)(C)C)OP4OC5(O4)OC4(C(C)(C)CO)OP6OC(O6)(O4)C53C(c3c(C(C)(C)C)cc(CC(C)(C)C)cc3C(C)(C)C)(c3c(C(C)(C)C)cc(CC(C)(C)C)cc3C(C)(C)C)O2)c(C(C)(C)C)c1. The largest absolute Gasteiger partial charge is 0.396 e. The Morgan fingerprint density at radius 1 is 0.276 bits per heavy atom. The van der Waals surface area contributed by atoms with Crippen LogP contribution in [0, 0.1) is 37.9 Å². The third-order valence-corrected chi connectivity index (χ3v) is 24.7. The van der Waals surface area contributed by atoms with Gasteiger partial charge in [0.1, 0.15) is 0 Å². The molecule has 12 nitrogen and oxygen atoms in total. The van der Waals surface area contributed by atoms with Gasteiger partial charge < -0.3 is 19.7 Å². The molecule has 4 aromatic carbocycles. The molecule has 3 spiro atoms. The maximum Gasteiger partial charge on any atom is 0.346 e. The van der Waals surface area contributed by atoms with Crippen LogP contribution in [-0.4, -0.2) is 41.3 Å². The molecular formula is C91H142O12P2. The van der Waals surface area contributed by atoms with Crippen LogP contribution in [0.25, 0.3) is 0 Å². The van der Waals surface area contributed by atoms with Gasteiger partial charge in [-0.05, 0) is 182 Å². The fraction of sp³-hybridized carbons (Fsp3) is 0.736. The van der Waals surface area contributed by atoms with Crippen molar-refractivity contribution in [1.29, 1.82) is 0 Å². The minimum Gasteiger partial charge on any atom is -0.396 e. The molecule has 105 heavy (non-hydrogen) atoms. The summed E-state index contributed by atoms with van der Waals surface area (Å²) in [5.74, 6) is -11.9. The van der Waals surface area contributed by atoms with Crippen molar-refractivity contribution in [3.63, 3.8) is 0 Å². The van der Waals surface area contributed by atoms with Crippen molar-refractivity contribution in [2.45, 2.75) is 381 Å². The lowest BCUT2D eigenvalue weighted by Crippen LogP contribution is -2.96. The van der Waals surface area contributed by atoms with Gasteiger partial charge in [0.05, 0.1) is 18.6 Å². The first-order valence-corrected chi connectivity index (χ1v) is 41.4. The summed E-state index contributed by atoms with van der Waals surface area (Å²) in [6.07, 6.45) is 2.97. The van der Waals surface area contributed by atoms with Crippen LogP contribution in [0.4, 0.5) is 0 Å². The summed E-state index contributed by atoms with van der Waals surface area (Å²) >= 11 is 0. The molecule has 4 atom stereocenters. The van der Waals surface area contributed by atoms with Gasteiger partial charge in [-0.25, -0.2) is 0 Å². The van der Waals surface area contributed by atoms with E-state index in [-0.39, 0.29) is 21.7 Å². The fourth-order valence-corrected chi connectivity index (χ4v) is 20.3. The Morgan fingerprint density at radius 2 is 0.514 bits per heavy atom. The van der Waals surface area contributed by atoms with Crippen LogP contribution in [0.3, 0.4) is 0 Å². The van der Waals surface area contributed by atoms with Gasteiger partial charge in [0, 0.05) is 16.5 Å². The Labute approximate surface area is 639 Å². The molecular weight excluding hydrogens is 1350 g/mol. The van der Waals surface area contributed by atoms with E-state index in [1.54, 1.807) is 0 Å². The van der Waals surface area contributed by atoms with E-state index in [4.69, 9.17) is 36.6 Å². The predicted octanol–water partition coefficient (Wildman–Crippen LogP) is 24.1. The van der Waals surface area contributed by atoms with Crippen LogP contribution in [0.5, 0.6) is 0 Å². The molecule has 14 heteroatoms. The van der Waals surface area contributed by atoms with Crippen LogP contribution in [0.15, 0.2) is 48.5 Å². The summed E-state index contributed by atoms with van der Waals surface area (Å²) in [4.78, 5) is 0. The second kappa shape index (κ2) is 25.1. The minimum absolute atomic E-state index is 0.125. The Hall–Kier alpha value is -2.74. The van der Waals surface area contributed by atoms with E-state index in [0.717, 1.165) is 104 Å². The van der Waals surface area contributed by atoms with E-state index >= 15 is 0 Å². The lowest BCUT2D eigenvalue weighted by Gasteiger charge is -2.82. The highest BCUT2D eigenvalue weighted by atomic mass is 31.2. The van der Waals surface area contributed by atoms with Gasteiger partial charge in [0.2, 0.25) is 17.0 Å². The number of ether oxygens (including phenoxy) is 4. The quantitative estimate of drug-likeness (QED) is 0.131. The molecule has 8 saturated heterocycles. The topological polar surface area (TPSA) is 133 Å². The Morgan fingerprint density at radius 3 is 0.752 bits per heavy atom. The van der Waals surface area contributed by atoms with Crippen molar-refractivity contribution in [3.8, 4) is 0 Å². The normalized spacial score (nSPS) is 27.9. The predicted molar refractivity (Wildman–Crippen MR) is 429 cm³/mol. The van der Waals surface area contributed by atoms with Gasteiger partial charge in [0.15, 0.2) is 5.60 Å². The average Bonchev–Trinajstić information content (AvgIpc) is 0.597. The van der Waals surface area contributed by atoms with Crippen LogP contribution in [0.1, 0.15) is 366 Å². The molecule has 4 unspecified atom stereocenters. The zero-order valence-corrected chi connectivity index (χ0v) is 75.0. The number of aliphatic hydroxyl groups is 2. The first kappa shape index (κ1) is 84.7. The number of hydrogen-bond donors (Lipinski definition) is 2. The third kappa shape index (κ3) is 14.0. The average molecular weight is 1490 g/mol. The zero-order valence-electron chi connectivity index (χ0n) is 73.2. The number of hydrogen-bond acceptors (Lipinski definition) is 12. The van der Waals surface area contributed by atoms with Crippen molar-refractivity contribution in [3.05, 3.63) is 138 Å². The van der Waals surface area contributed by atoms with E-state index < -0.39 is 125 Å². The molecule has 2 N–H and O–H groups in total.